The van der Waals surface area contributed by atoms with Gasteiger partial charge in [-0.05, 0) is 11.6 Å². The number of nitrogens with two attached hydrogens (primary N) is 2. The SMILES string of the molecule is N/N=C\N(N)CC(c1ccc(F)cc1F)C(F)(F)c1cnc(Cl)cn1. The second-order valence-electron chi connectivity index (χ2n) is 5.03. The number of hydrogen-bond donors (Lipinski definition) is 2. The summed E-state index contributed by atoms with van der Waals surface area (Å²) in [5, 5.41) is 3.79. The third-order valence-electron chi connectivity index (χ3n) is 3.35. The summed E-state index contributed by atoms with van der Waals surface area (Å²) in [5.41, 5.74) is -1.20. The summed E-state index contributed by atoms with van der Waals surface area (Å²) >= 11 is 5.55. The van der Waals surface area contributed by atoms with E-state index in [1.165, 1.54) is 0 Å². The van der Waals surface area contributed by atoms with Gasteiger partial charge in [0.1, 0.15) is 28.8 Å². The number of rotatable bonds is 6. The number of hydrazone groups is 1. The zero-order chi connectivity index (χ0) is 18.6. The van der Waals surface area contributed by atoms with Gasteiger partial charge in [-0.1, -0.05) is 17.7 Å². The smallest absolute Gasteiger partial charge is 0.299 e. The van der Waals surface area contributed by atoms with Gasteiger partial charge in [0.2, 0.25) is 0 Å². The number of hydrazine groups is 1. The van der Waals surface area contributed by atoms with Crippen molar-refractivity contribution in [3.63, 3.8) is 0 Å². The third-order valence-corrected chi connectivity index (χ3v) is 3.54. The minimum atomic E-state index is -3.70. The molecule has 0 aliphatic heterocycles. The average molecular weight is 377 g/mol. The first-order valence-corrected chi connectivity index (χ1v) is 7.19. The van der Waals surface area contributed by atoms with Crippen molar-refractivity contribution < 1.29 is 17.6 Å². The highest BCUT2D eigenvalue weighted by Gasteiger charge is 2.45. The first-order chi connectivity index (χ1) is 11.8. The van der Waals surface area contributed by atoms with E-state index < -0.39 is 41.3 Å². The zero-order valence-electron chi connectivity index (χ0n) is 12.6. The number of hydrogen-bond acceptors (Lipinski definition) is 5. The Labute approximate surface area is 145 Å². The molecule has 1 aromatic carbocycles. The van der Waals surface area contributed by atoms with E-state index in [2.05, 4.69) is 15.1 Å². The van der Waals surface area contributed by atoms with Gasteiger partial charge in [0.25, 0.3) is 5.92 Å². The molecule has 1 unspecified atom stereocenters. The Balaban J connectivity index is 2.50. The van der Waals surface area contributed by atoms with E-state index in [9.17, 15) is 17.6 Å². The lowest BCUT2D eigenvalue weighted by molar-refractivity contribution is -0.0446. The topological polar surface area (TPSA) is 93.4 Å². The molecule has 134 valence electrons. The molecule has 1 heterocycles. The molecule has 1 atom stereocenters. The van der Waals surface area contributed by atoms with E-state index in [0.717, 1.165) is 35.9 Å². The van der Waals surface area contributed by atoms with Crippen LogP contribution in [0.25, 0.3) is 0 Å². The molecule has 0 radical (unpaired) electrons. The van der Waals surface area contributed by atoms with E-state index in [4.69, 9.17) is 23.3 Å². The molecular formula is C14H13ClF4N6. The zero-order valence-corrected chi connectivity index (χ0v) is 13.3. The third kappa shape index (κ3) is 4.34. The monoisotopic (exact) mass is 376 g/mol. The fourth-order valence-electron chi connectivity index (χ4n) is 2.20. The van der Waals surface area contributed by atoms with Crippen LogP contribution in [0.5, 0.6) is 0 Å². The lowest BCUT2D eigenvalue weighted by Crippen LogP contribution is -2.40. The predicted octanol–water partition coefficient (Wildman–Crippen LogP) is 2.36. The van der Waals surface area contributed by atoms with E-state index in [1.807, 2.05) is 0 Å². The lowest BCUT2D eigenvalue weighted by Gasteiger charge is -2.29. The van der Waals surface area contributed by atoms with Gasteiger partial charge in [-0.15, -0.1) is 0 Å². The molecule has 0 saturated heterocycles. The second kappa shape index (κ2) is 7.62. The fourth-order valence-corrected chi connectivity index (χ4v) is 2.30. The largest absolute Gasteiger partial charge is 0.322 e. The molecular weight excluding hydrogens is 364 g/mol. The predicted molar refractivity (Wildman–Crippen MR) is 83.6 cm³/mol. The molecule has 0 spiro atoms. The van der Waals surface area contributed by atoms with Crippen LogP contribution in [0.2, 0.25) is 5.15 Å². The van der Waals surface area contributed by atoms with Crippen LogP contribution >= 0.6 is 11.6 Å². The van der Waals surface area contributed by atoms with Gasteiger partial charge in [-0.3, -0.25) is 9.99 Å². The summed E-state index contributed by atoms with van der Waals surface area (Å²) in [6.45, 7) is -0.583. The molecule has 0 aliphatic rings. The molecule has 0 aliphatic carbocycles. The van der Waals surface area contributed by atoms with E-state index in [-0.39, 0.29) is 5.15 Å². The molecule has 25 heavy (non-hydrogen) atoms. The minimum absolute atomic E-state index is 0.0835. The maximum absolute atomic E-state index is 15.0. The van der Waals surface area contributed by atoms with Gasteiger partial charge in [0, 0.05) is 12.6 Å². The molecule has 0 fully saturated rings. The Morgan fingerprint density at radius 1 is 1.28 bits per heavy atom. The average Bonchev–Trinajstić information content (AvgIpc) is 2.54. The molecule has 6 nitrogen and oxygen atoms in total. The Kier molecular flexibility index (Phi) is 5.75. The highest BCUT2D eigenvalue weighted by Crippen LogP contribution is 2.42. The van der Waals surface area contributed by atoms with Crippen LogP contribution in [0.3, 0.4) is 0 Å². The van der Waals surface area contributed by atoms with Crippen molar-refractivity contribution >= 4 is 17.9 Å². The van der Waals surface area contributed by atoms with Crippen molar-refractivity contribution in [1.29, 1.82) is 0 Å². The van der Waals surface area contributed by atoms with Crippen molar-refractivity contribution in [2.75, 3.05) is 6.54 Å². The van der Waals surface area contributed by atoms with Gasteiger partial charge in [-0.25, -0.2) is 19.6 Å². The van der Waals surface area contributed by atoms with E-state index in [0.29, 0.717) is 6.07 Å². The van der Waals surface area contributed by atoms with Crippen LogP contribution in [0.15, 0.2) is 35.7 Å². The van der Waals surface area contributed by atoms with Crippen molar-refractivity contribution in [2.24, 2.45) is 16.8 Å². The van der Waals surface area contributed by atoms with Crippen molar-refractivity contribution in [3.8, 4) is 0 Å². The maximum Gasteiger partial charge on any atom is 0.299 e. The van der Waals surface area contributed by atoms with Crippen molar-refractivity contribution in [1.82, 2.24) is 15.0 Å². The van der Waals surface area contributed by atoms with Gasteiger partial charge >= 0.3 is 0 Å². The number of aromatic nitrogens is 2. The summed E-state index contributed by atoms with van der Waals surface area (Å²) in [5.74, 6) is 2.87. The molecule has 4 N–H and O–H groups in total. The quantitative estimate of drug-likeness (QED) is 0.265. The van der Waals surface area contributed by atoms with Crippen LogP contribution in [0.1, 0.15) is 17.2 Å². The van der Waals surface area contributed by atoms with Gasteiger partial charge in [0.15, 0.2) is 0 Å². The lowest BCUT2D eigenvalue weighted by atomic mass is 9.90. The standard InChI is InChI=1S/C14H13ClF4N6/c15-13-5-22-12(4-23-13)14(18,19)10(6-25(21)7-24-20)9-2-1-8(16)3-11(9)17/h1-5,7,10H,6,20-21H2/b24-7-. The van der Waals surface area contributed by atoms with Gasteiger partial charge < -0.3 is 5.84 Å². The molecule has 0 amide bonds. The number of benzene rings is 1. The normalized spacial score (nSPS) is 13.2. The Bertz CT molecular complexity index is 755. The highest BCUT2D eigenvalue weighted by molar-refractivity contribution is 6.29. The van der Waals surface area contributed by atoms with Crippen LogP contribution in [-0.2, 0) is 5.92 Å². The van der Waals surface area contributed by atoms with Crippen molar-refractivity contribution in [2.45, 2.75) is 11.8 Å². The second-order valence-corrected chi connectivity index (χ2v) is 5.41. The Morgan fingerprint density at radius 3 is 2.56 bits per heavy atom. The number of halogens is 5. The highest BCUT2D eigenvalue weighted by atomic mass is 35.5. The molecule has 0 bridgehead atoms. The molecule has 2 aromatic rings. The molecule has 1 aromatic heterocycles. The van der Waals surface area contributed by atoms with E-state index >= 15 is 0 Å². The summed E-state index contributed by atoms with van der Waals surface area (Å²) in [4.78, 5) is 7.09. The fraction of sp³-hybridized carbons (Fsp3) is 0.214. The van der Waals surface area contributed by atoms with Crippen LogP contribution in [0.4, 0.5) is 17.6 Å². The summed E-state index contributed by atoms with van der Waals surface area (Å²) in [6.07, 6.45) is 2.59. The van der Waals surface area contributed by atoms with Gasteiger partial charge in [-0.2, -0.15) is 13.9 Å². The number of nitrogens with zero attached hydrogens (tertiary/aromatic N) is 4. The summed E-state index contributed by atoms with van der Waals surface area (Å²) < 4.78 is 57.1. The minimum Gasteiger partial charge on any atom is -0.322 e. The number of alkyl halides is 2. The maximum atomic E-state index is 15.0. The van der Waals surface area contributed by atoms with Gasteiger partial charge in [0.05, 0.1) is 18.3 Å². The van der Waals surface area contributed by atoms with Crippen LogP contribution in [-0.4, -0.2) is 27.9 Å². The summed E-state index contributed by atoms with van der Waals surface area (Å²) in [6, 6.07) is 2.29. The van der Waals surface area contributed by atoms with Crippen LogP contribution < -0.4 is 11.7 Å². The Hall–Kier alpha value is -2.46. The van der Waals surface area contributed by atoms with Crippen molar-refractivity contribution in [3.05, 3.63) is 58.6 Å². The molecule has 0 saturated carbocycles. The van der Waals surface area contributed by atoms with E-state index in [1.54, 1.807) is 0 Å². The molecule has 11 heteroatoms. The first kappa shape index (κ1) is 18.9. The first-order valence-electron chi connectivity index (χ1n) is 6.81. The summed E-state index contributed by atoms with van der Waals surface area (Å²) in [7, 11) is 0. The molecule has 2 rings (SSSR count). The Morgan fingerprint density at radius 2 is 2.00 bits per heavy atom. The van der Waals surface area contributed by atoms with Crippen LogP contribution in [0, 0.1) is 11.6 Å².